The van der Waals surface area contributed by atoms with Crippen molar-refractivity contribution in [2.45, 2.75) is 32.4 Å². The molecule has 2 aromatic rings. The quantitative estimate of drug-likeness (QED) is 0.775. The van der Waals surface area contributed by atoms with E-state index in [-0.39, 0.29) is 12.5 Å². The van der Waals surface area contributed by atoms with Gasteiger partial charge in [-0.15, -0.1) is 0 Å². The molecule has 3 amide bonds. The average molecular weight is 380 g/mol. The van der Waals surface area contributed by atoms with Crippen molar-refractivity contribution >= 4 is 17.6 Å². The summed E-state index contributed by atoms with van der Waals surface area (Å²) in [6.45, 7) is 3.76. The Labute approximate surface area is 166 Å². The Morgan fingerprint density at radius 1 is 1.07 bits per heavy atom. The summed E-state index contributed by atoms with van der Waals surface area (Å²) in [5.74, 6) is -0.393. The number of benzene rings is 2. The van der Waals surface area contributed by atoms with Crippen molar-refractivity contribution < 1.29 is 9.59 Å². The molecule has 6 nitrogen and oxygen atoms in total. The van der Waals surface area contributed by atoms with E-state index in [1.807, 2.05) is 12.1 Å². The molecule has 1 heterocycles. The highest BCUT2D eigenvalue weighted by Crippen LogP contribution is 2.18. The smallest absolute Gasteiger partial charge is 0.321 e. The van der Waals surface area contributed by atoms with Gasteiger partial charge in [0.15, 0.2) is 0 Å². The van der Waals surface area contributed by atoms with Gasteiger partial charge in [0.2, 0.25) is 5.91 Å². The van der Waals surface area contributed by atoms with Crippen molar-refractivity contribution in [3.05, 3.63) is 65.2 Å². The maximum atomic E-state index is 12.6. The number of rotatable bonds is 7. The van der Waals surface area contributed by atoms with E-state index in [4.69, 9.17) is 5.73 Å². The van der Waals surface area contributed by atoms with Gasteiger partial charge in [-0.25, -0.2) is 4.79 Å². The maximum absolute atomic E-state index is 12.6. The largest absolute Gasteiger partial charge is 0.369 e. The highest BCUT2D eigenvalue weighted by molar-refractivity contribution is 5.89. The Morgan fingerprint density at radius 3 is 2.50 bits per heavy atom. The van der Waals surface area contributed by atoms with Crippen LogP contribution in [0.1, 0.15) is 29.5 Å². The van der Waals surface area contributed by atoms with E-state index in [2.05, 4.69) is 28.4 Å². The molecule has 0 aliphatic carbocycles. The zero-order chi connectivity index (χ0) is 19.9. The van der Waals surface area contributed by atoms with Gasteiger partial charge in [0.25, 0.3) is 0 Å². The van der Waals surface area contributed by atoms with Crippen LogP contribution in [0.3, 0.4) is 0 Å². The SMILES string of the molecule is CN(Cc1ccccc1CN1CCCC1)C(=O)Nc1cccc(CC(N)=O)c1. The van der Waals surface area contributed by atoms with Crippen LogP contribution in [0.5, 0.6) is 0 Å². The van der Waals surface area contributed by atoms with Gasteiger partial charge in [-0.05, 0) is 54.8 Å². The molecular weight excluding hydrogens is 352 g/mol. The number of hydrogen-bond donors (Lipinski definition) is 2. The second-order valence-electron chi connectivity index (χ2n) is 7.38. The fourth-order valence-electron chi connectivity index (χ4n) is 3.55. The van der Waals surface area contributed by atoms with Crippen LogP contribution in [0.25, 0.3) is 0 Å². The van der Waals surface area contributed by atoms with Crippen molar-refractivity contribution in [3.63, 3.8) is 0 Å². The summed E-state index contributed by atoms with van der Waals surface area (Å²) >= 11 is 0. The predicted octanol–water partition coefficient (Wildman–Crippen LogP) is 2.97. The number of urea groups is 1. The molecule has 0 atom stereocenters. The summed E-state index contributed by atoms with van der Waals surface area (Å²) in [5, 5.41) is 2.89. The van der Waals surface area contributed by atoms with Crippen LogP contribution in [0.2, 0.25) is 0 Å². The Balaban J connectivity index is 1.62. The van der Waals surface area contributed by atoms with Crippen molar-refractivity contribution in [3.8, 4) is 0 Å². The van der Waals surface area contributed by atoms with Crippen LogP contribution < -0.4 is 11.1 Å². The van der Waals surface area contributed by atoms with E-state index in [1.54, 1.807) is 30.1 Å². The first-order valence-corrected chi connectivity index (χ1v) is 9.70. The van der Waals surface area contributed by atoms with E-state index < -0.39 is 5.91 Å². The lowest BCUT2D eigenvalue weighted by atomic mass is 10.1. The number of amides is 3. The molecule has 28 heavy (non-hydrogen) atoms. The topological polar surface area (TPSA) is 78.7 Å². The second-order valence-corrected chi connectivity index (χ2v) is 7.38. The van der Waals surface area contributed by atoms with Crippen LogP contribution >= 0.6 is 0 Å². The maximum Gasteiger partial charge on any atom is 0.321 e. The number of carbonyl (C=O) groups is 2. The van der Waals surface area contributed by atoms with Gasteiger partial charge in [-0.2, -0.15) is 0 Å². The lowest BCUT2D eigenvalue weighted by molar-refractivity contribution is -0.117. The first kappa shape index (κ1) is 19.9. The fourth-order valence-corrected chi connectivity index (χ4v) is 3.55. The average Bonchev–Trinajstić information content (AvgIpc) is 3.16. The van der Waals surface area contributed by atoms with Crippen LogP contribution in [0.4, 0.5) is 10.5 Å². The number of primary amides is 1. The van der Waals surface area contributed by atoms with Crippen LogP contribution in [-0.2, 0) is 24.3 Å². The molecule has 1 fully saturated rings. The molecule has 0 radical (unpaired) electrons. The summed E-state index contributed by atoms with van der Waals surface area (Å²) in [5.41, 5.74) is 9.11. The minimum atomic E-state index is -0.393. The number of carbonyl (C=O) groups excluding carboxylic acids is 2. The highest BCUT2D eigenvalue weighted by atomic mass is 16.2. The van der Waals surface area contributed by atoms with E-state index in [0.717, 1.165) is 30.8 Å². The van der Waals surface area contributed by atoms with Gasteiger partial charge < -0.3 is 16.0 Å². The summed E-state index contributed by atoms with van der Waals surface area (Å²) in [4.78, 5) is 27.8. The molecule has 6 heteroatoms. The summed E-state index contributed by atoms with van der Waals surface area (Å²) in [6.07, 6.45) is 2.68. The zero-order valence-corrected chi connectivity index (χ0v) is 16.4. The fraction of sp³-hybridized carbons (Fsp3) is 0.364. The minimum Gasteiger partial charge on any atom is -0.369 e. The number of nitrogens with one attached hydrogen (secondary N) is 1. The second kappa shape index (κ2) is 9.37. The van der Waals surface area contributed by atoms with Gasteiger partial charge in [0.1, 0.15) is 0 Å². The minimum absolute atomic E-state index is 0.156. The Kier molecular flexibility index (Phi) is 6.66. The lowest BCUT2D eigenvalue weighted by Crippen LogP contribution is -2.31. The van der Waals surface area contributed by atoms with Crippen molar-refractivity contribution in [2.75, 3.05) is 25.5 Å². The first-order chi connectivity index (χ1) is 13.5. The molecule has 0 bridgehead atoms. The third-order valence-electron chi connectivity index (χ3n) is 5.02. The molecule has 0 aromatic heterocycles. The normalized spacial score (nSPS) is 14.0. The van der Waals surface area contributed by atoms with Crippen LogP contribution in [-0.4, -0.2) is 41.9 Å². The molecule has 1 saturated heterocycles. The number of hydrogen-bond acceptors (Lipinski definition) is 3. The van der Waals surface area contributed by atoms with E-state index >= 15 is 0 Å². The Bertz CT molecular complexity index is 831. The number of nitrogens with two attached hydrogens (primary N) is 1. The van der Waals surface area contributed by atoms with Gasteiger partial charge >= 0.3 is 6.03 Å². The summed E-state index contributed by atoms with van der Waals surface area (Å²) < 4.78 is 0. The van der Waals surface area contributed by atoms with Crippen molar-refractivity contribution in [1.82, 2.24) is 9.80 Å². The first-order valence-electron chi connectivity index (χ1n) is 9.70. The van der Waals surface area contributed by atoms with Crippen LogP contribution in [0.15, 0.2) is 48.5 Å². The van der Waals surface area contributed by atoms with Gasteiger partial charge in [0.05, 0.1) is 6.42 Å². The van der Waals surface area contributed by atoms with Crippen molar-refractivity contribution in [1.29, 1.82) is 0 Å². The summed E-state index contributed by atoms with van der Waals surface area (Å²) in [6, 6.07) is 15.3. The Hall–Kier alpha value is -2.86. The zero-order valence-electron chi connectivity index (χ0n) is 16.4. The number of nitrogens with zero attached hydrogens (tertiary/aromatic N) is 2. The molecule has 1 aliphatic rings. The van der Waals surface area contributed by atoms with E-state index in [0.29, 0.717) is 12.2 Å². The molecule has 3 N–H and O–H groups in total. The molecule has 3 rings (SSSR count). The molecule has 0 spiro atoms. The molecule has 148 valence electrons. The third-order valence-corrected chi connectivity index (χ3v) is 5.02. The van der Waals surface area contributed by atoms with Gasteiger partial charge in [0, 0.05) is 25.8 Å². The number of anilines is 1. The molecular formula is C22H28N4O2. The van der Waals surface area contributed by atoms with Crippen LogP contribution in [0, 0.1) is 0 Å². The lowest BCUT2D eigenvalue weighted by Gasteiger charge is -2.22. The molecule has 0 saturated carbocycles. The molecule has 1 aliphatic heterocycles. The van der Waals surface area contributed by atoms with Gasteiger partial charge in [-0.3, -0.25) is 9.69 Å². The van der Waals surface area contributed by atoms with Crippen molar-refractivity contribution in [2.24, 2.45) is 5.73 Å². The summed E-state index contributed by atoms with van der Waals surface area (Å²) in [7, 11) is 1.79. The highest BCUT2D eigenvalue weighted by Gasteiger charge is 2.16. The standard InChI is InChI=1S/C22H28N4O2/c1-25(22(28)24-20-10-6-7-17(13-20)14-21(23)27)15-18-8-2-3-9-19(18)16-26-11-4-5-12-26/h2-3,6-10,13H,4-5,11-12,14-16H2,1H3,(H2,23,27)(H,24,28). The van der Waals surface area contributed by atoms with E-state index in [1.165, 1.54) is 18.4 Å². The predicted molar refractivity (Wildman–Crippen MR) is 111 cm³/mol. The van der Waals surface area contributed by atoms with E-state index in [9.17, 15) is 9.59 Å². The molecule has 2 aromatic carbocycles. The third kappa shape index (κ3) is 5.57. The molecule has 0 unspecified atom stereocenters. The van der Waals surface area contributed by atoms with Gasteiger partial charge in [-0.1, -0.05) is 36.4 Å². The Morgan fingerprint density at radius 2 is 1.79 bits per heavy atom. The monoisotopic (exact) mass is 380 g/mol. The number of likely N-dealkylation sites (tertiary alicyclic amines) is 1.